The molecule has 0 aromatic carbocycles. The van der Waals surface area contributed by atoms with Crippen LogP contribution in [0.2, 0.25) is 0 Å². The second kappa shape index (κ2) is 5.32. The van der Waals surface area contributed by atoms with E-state index in [4.69, 9.17) is 0 Å². The van der Waals surface area contributed by atoms with Gasteiger partial charge in [0, 0.05) is 19.5 Å². The van der Waals surface area contributed by atoms with Gasteiger partial charge in [-0.3, -0.25) is 4.79 Å². The minimum atomic E-state index is 0.284. The zero-order valence-electron chi connectivity index (χ0n) is 9.41. The SMILES string of the molecule is CN(Cc1csc(Br)c1)C(=O)C1CCCC1. The molecule has 0 unspecified atom stereocenters. The Morgan fingerprint density at radius 1 is 1.56 bits per heavy atom. The third kappa shape index (κ3) is 2.86. The van der Waals surface area contributed by atoms with Crippen LogP contribution < -0.4 is 0 Å². The zero-order valence-corrected chi connectivity index (χ0v) is 11.8. The Bertz CT molecular complexity index is 371. The van der Waals surface area contributed by atoms with Gasteiger partial charge in [-0.25, -0.2) is 0 Å². The minimum absolute atomic E-state index is 0.284. The molecule has 1 aliphatic carbocycles. The topological polar surface area (TPSA) is 20.3 Å². The molecule has 1 amide bonds. The molecule has 1 saturated carbocycles. The van der Waals surface area contributed by atoms with Gasteiger partial charge in [-0.05, 0) is 45.8 Å². The van der Waals surface area contributed by atoms with E-state index in [1.807, 2.05) is 11.9 Å². The fourth-order valence-electron chi connectivity index (χ4n) is 2.26. The molecule has 0 saturated heterocycles. The summed E-state index contributed by atoms with van der Waals surface area (Å²) in [7, 11) is 1.91. The maximum Gasteiger partial charge on any atom is 0.225 e. The highest BCUT2D eigenvalue weighted by molar-refractivity contribution is 9.11. The van der Waals surface area contributed by atoms with Crippen LogP contribution in [0, 0.1) is 5.92 Å². The van der Waals surface area contributed by atoms with E-state index in [0.29, 0.717) is 5.91 Å². The molecule has 16 heavy (non-hydrogen) atoms. The van der Waals surface area contributed by atoms with Gasteiger partial charge in [0.15, 0.2) is 0 Å². The lowest BCUT2D eigenvalue weighted by atomic mass is 10.1. The van der Waals surface area contributed by atoms with Gasteiger partial charge in [-0.2, -0.15) is 0 Å². The van der Waals surface area contributed by atoms with E-state index in [1.54, 1.807) is 11.3 Å². The second-order valence-electron chi connectivity index (χ2n) is 4.43. The van der Waals surface area contributed by atoms with E-state index in [2.05, 4.69) is 27.4 Å². The predicted octanol–water partition coefficient (Wildman–Crippen LogP) is 3.66. The Morgan fingerprint density at radius 2 is 2.25 bits per heavy atom. The molecule has 0 N–H and O–H groups in total. The van der Waals surface area contributed by atoms with Gasteiger partial charge in [0.1, 0.15) is 0 Å². The molecule has 0 spiro atoms. The van der Waals surface area contributed by atoms with Crippen molar-refractivity contribution in [3.05, 3.63) is 20.8 Å². The first kappa shape index (κ1) is 12.1. The molecule has 1 aromatic rings. The number of amides is 1. The van der Waals surface area contributed by atoms with E-state index in [9.17, 15) is 4.79 Å². The number of hydrogen-bond acceptors (Lipinski definition) is 2. The van der Waals surface area contributed by atoms with Crippen LogP contribution >= 0.6 is 27.3 Å². The summed E-state index contributed by atoms with van der Waals surface area (Å²) in [5.41, 5.74) is 1.21. The minimum Gasteiger partial charge on any atom is -0.341 e. The Kier molecular flexibility index (Phi) is 4.03. The number of rotatable bonds is 3. The van der Waals surface area contributed by atoms with Crippen molar-refractivity contribution in [3.8, 4) is 0 Å². The fraction of sp³-hybridized carbons (Fsp3) is 0.583. The van der Waals surface area contributed by atoms with Gasteiger partial charge < -0.3 is 4.90 Å². The van der Waals surface area contributed by atoms with Crippen LogP contribution in [0.5, 0.6) is 0 Å². The molecular formula is C12H16BrNOS. The van der Waals surface area contributed by atoms with E-state index in [0.717, 1.165) is 23.2 Å². The predicted molar refractivity (Wildman–Crippen MR) is 70.5 cm³/mol. The summed E-state index contributed by atoms with van der Waals surface area (Å²) in [5, 5.41) is 2.10. The zero-order chi connectivity index (χ0) is 11.5. The van der Waals surface area contributed by atoms with Crippen LogP contribution in [0.25, 0.3) is 0 Å². The first-order chi connectivity index (χ1) is 7.66. The molecule has 0 aliphatic heterocycles. The quantitative estimate of drug-likeness (QED) is 0.834. The van der Waals surface area contributed by atoms with Crippen molar-refractivity contribution in [2.24, 2.45) is 5.92 Å². The molecule has 0 radical (unpaired) electrons. The number of halogens is 1. The average Bonchev–Trinajstić information content (AvgIpc) is 2.88. The first-order valence-corrected chi connectivity index (χ1v) is 7.32. The summed E-state index contributed by atoms with van der Waals surface area (Å²) < 4.78 is 1.13. The van der Waals surface area contributed by atoms with Crippen LogP contribution in [0.1, 0.15) is 31.2 Å². The third-order valence-corrected chi connectivity index (χ3v) is 4.68. The molecule has 1 aliphatic rings. The van der Waals surface area contributed by atoms with E-state index < -0.39 is 0 Å². The van der Waals surface area contributed by atoms with Gasteiger partial charge in [-0.15, -0.1) is 11.3 Å². The van der Waals surface area contributed by atoms with Gasteiger partial charge in [0.2, 0.25) is 5.91 Å². The standard InChI is InChI=1S/C12H16BrNOS/c1-14(7-9-6-11(13)16-8-9)12(15)10-4-2-3-5-10/h6,8,10H,2-5,7H2,1H3. The number of hydrogen-bond donors (Lipinski definition) is 0. The van der Waals surface area contributed by atoms with Crippen molar-refractivity contribution in [2.75, 3.05) is 7.05 Å². The second-order valence-corrected chi connectivity index (χ2v) is 6.73. The number of carbonyl (C=O) groups excluding carboxylic acids is 1. The molecule has 1 heterocycles. The molecule has 2 rings (SSSR count). The summed E-state index contributed by atoms with van der Waals surface area (Å²) in [5.74, 6) is 0.604. The van der Waals surface area contributed by atoms with Crippen LogP contribution in [-0.4, -0.2) is 17.9 Å². The monoisotopic (exact) mass is 301 g/mol. The van der Waals surface area contributed by atoms with Crippen molar-refractivity contribution >= 4 is 33.2 Å². The summed E-state index contributed by atoms with van der Waals surface area (Å²) in [4.78, 5) is 13.9. The highest BCUT2D eigenvalue weighted by Gasteiger charge is 2.25. The normalized spacial score (nSPS) is 16.6. The molecule has 0 atom stereocenters. The molecule has 4 heteroatoms. The Hall–Kier alpha value is -0.350. The lowest BCUT2D eigenvalue weighted by Crippen LogP contribution is -2.31. The molecule has 2 nitrogen and oxygen atoms in total. The van der Waals surface area contributed by atoms with Crippen molar-refractivity contribution in [3.63, 3.8) is 0 Å². The molecule has 0 bridgehead atoms. The van der Waals surface area contributed by atoms with Gasteiger partial charge in [-0.1, -0.05) is 12.8 Å². The lowest BCUT2D eigenvalue weighted by Gasteiger charge is -2.20. The summed E-state index contributed by atoms with van der Waals surface area (Å²) in [6.07, 6.45) is 4.59. The van der Waals surface area contributed by atoms with Crippen molar-refractivity contribution in [2.45, 2.75) is 32.2 Å². The summed E-state index contributed by atoms with van der Waals surface area (Å²) in [6.45, 7) is 0.734. The van der Waals surface area contributed by atoms with Crippen LogP contribution in [0.3, 0.4) is 0 Å². The smallest absolute Gasteiger partial charge is 0.225 e. The van der Waals surface area contributed by atoms with Gasteiger partial charge in [0.05, 0.1) is 3.79 Å². The van der Waals surface area contributed by atoms with Crippen molar-refractivity contribution in [1.29, 1.82) is 0 Å². The maximum atomic E-state index is 12.1. The van der Waals surface area contributed by atoms with Gasteiger partial charge >= 0.3 is 0 Å². The van der Waals surface area contributed by atoms with Crippen molar-refractivity contribution < 1.29 is 4.79 Å². The number of carbonyl (C=O) groups is 1. The highest BCUT2D eigenvalue weighted by Crippen LogP contribution is 2.27. The summed E-state index contributed by atoms with van der Waals surface area (Å²) >= 11 is 5.11. The Morgan fingerprint density at radius 3 is 2.81 bits per heavy atom. The Balaban J connectivity index is 1.91. The first-order valence-electron chi connectivity index (χ1n) is 5.64. The molecule has 1 fully saturated rings. The highest BCUT2D eigenvalue weighted by atomic mass is 79.9. The van der Waals surface area contributed by atoms with E-state index >= 15 is 0 Å². The van der Waals surface area contributed by atoms with E-state index in [-0.39, 0.29) is 5.92 Å². The van der Waals surface area contributed by atoms with E-state index in [1.165, 1.54) is 18.4 Å². The molecular weight excluding hydrogens is 286 g/mol. The largest absolute Gasteiger partial charge is 0.341 e. The van der Waals surface area contributed by atoms with Crippen LogP contribution in [-0.2, 0) is 11.3 Å². The lowest BCUT2D eigenvalue weighted by molar-refractivity contribution is -0.134. The number of nitrogens with zero attached hydrogens (tertiary/aromatic N) is 1. The fourth-order valence-corrected chi connectivity index (χ4v) is 3.47. The summed E-state index contributed by atoms with van der Waals surface area (Å²) in [6, 6.07) is 2.09. The average molecular weight is 302 g/mol. The molecule has 1 aromatic heterocycles. The number of thiophene rings is 1. The third-order valence-electron chi connectivity index (χ3n) is 3.12. The maximum absolute atomic E-state index is 12.1. The van der Waals surface area contributed by atoms with Crippen LogP contribution in [0.15, 0.2) is 15.2 Å². The Labute approximate surface area is 109 Å². The van der Waals surface area contributed by atoms with Gasteiger partial charge in [0.25, 0.3) is 0 Å². The molecule has 88 valence electrons. The van der Waals surface area contributed by atoms with Crippen LogP contribution in [0.4, 0.5) is 0 Å². The van der Waals surface area contributed by atoms with Crippen molar-refractivity contribution in [1.82, 2.24) is 4.90 Å².